The Hall–Kier alpha value is -3.38. The zero-order valence-corrected chi connectivity index (χ0v) is 18.6. The van der Waals surface area contributed by atoms with Gasteiger partial charge in [0.25, 0.3) is 6.43 Å². The molecule has 4 heterocycles. The van der Waals surface area contributed by atoms with E-state index in [9.17, 15) is 13.6 Å². The van der Waals surface area contributed by atoms with E-state index in [4.69, 9.17) is 14.2 Å². The van der Waals surface area contributed by atoms with Gasteiger partial charge in [-0.2, -0.15) is 9.97 Å². The minimum atomic E-state index is -2.80. The summed E-state index contributed by atoms with van der Waals surface area (Å²) in [6.45, 7) is 2.96. The number of imidazole rings is 1. The number of methoxy groups -OCH3 is 1. The second-order valence-corrected chi connectivity index (χ2v) is 8.03. The van der Waals surface area contributed by atoms with Crippen LogP contribution in [-0.2, 0) is 14.3 Å². The molecule has 0 aliphatic carbocycles. The lowest BCUT2D eigenvalue weighted by Gasteiger charge is -2.38. The third kappa shape index (κ3) is 4.38. The van der Waals surface area contributed by atoms with E-state index >= 15 is 0 Å². The number of hydrogen-bond donors (Lipinski definition) is 0. The van der Waals surface area contributed by atoms with Gasteiger partial charge in [-0.05, 0) is 12.1 Å². The first kappa shape index (κ1) is 22.4. The summed E-state index contributed by atoms with van der Waals surface area (Å²) in [6, 6.07) is 8.44. The maximum absolute atomic E-state index is 13.9. The van der Waals surface area contributed by atoms with E-state index in [1.807, 2.05) is 4.90 Å². The van der Waals surface area contributed by atoms with Crippen LogP contribution < -0.4 is 9.64 Å². The lowest BCUT2D eigenvalue weighted by molar-refractivity contribution is -0.144. The van der Waals surface area contributed by atoms with Gasteiger partial charge in [-0.15, -0.1) is 0 Å². The highest BCUT2D eigenvalue weighted by Gasteiger charge is 2.33. The Labute approximate surface area is 194 Å². The Kier molecular flexibility index (Phi) is 6.24. The maximum Gasteiger partial charge on any atom is 0.296 e. The summed E-state index contributed by atoms with van der Waals surface area (Å²) in [5, 5.41) is 0. The molecule has 0 radical (unpaired) electrons. The topological polar surface area (TPSA) is 94.8 Å². The number of carbonyl (C=O) groups excluding carboxylic acids is 1. The van der Waals surface area contributed by atoms with Crippen LogP contribution in [0.25, 0.3) is 16.9 Å². The highest BCUT2D eigenvalue weighted by Crippen LogP contribution is 2.30. The van der Waals surface area contributed by atoms with Crippen LogP contribution in [0.1, 0.15) is 12.2 Å². The Morgan fingerprint density at radius 3 is 2.68 bits per heavy atom. The molecule has 0 unspecified atom stereocenters. The minimum absolute atomic E-state index is 0.00959. The van der Waals surface area contributed by atoms with E-state index in [2.05, 4.69) is 15.0 Å². The van der Waals surface area contributed by atoms with E-state index in [0.717, 1.165) is 0 Å². The Morgan fingerprint density at radius 2 is 1.94 bits per heavy atom. The number of fused-ring (bicyclic) bond motifs is 1. The summed E-state index contributed by atoms with van der Waals surface area (Å²) in [4.78, 5) is 28.7. The Bertz CT molecular complexity index is 1180. The molecule has 2 aliphatic heterocycles. The fourth-order valence-electron chi connectivity index (χ4n) is 4.01. The van der Waals surface area contributed by atoms with E-state index in [-0.39, 0.29) is 30.3 Å². The van der Waals surface area contributed by atoms with Gasteiger partial charge < -0.3 is 24.0 Å². The van der Waals surface area contributed by atoms with Crippen LogP contribution in [0.5, 0.6) is 5.88 Å². The van der Waals surface area contributed by atoms with Crippen LogP contribution in [0.15, 0.2) is 30.3 Å². The fraction of sp³-hybridized carbons (Fsp3) is 0.455. The number of alkyl halides is 2. The molecule has 180 valence electrons. The fourth-order valence-corrected chi connectivity index (χ4v) is 4.01. The van der Waals surface area contributed by atoms with Gasteiger partial charge in [0, 0.05) is 26.3 Å². The zero-order chi connectivity index (χ0) is 23.7. The highest BCUT2D eigenvalue weighted by molar-refractivity contribution is 5.79. The molecule has 0 saturated carbocycles. The van der Waals surface area contributed by atoms with Crippen molar-refractivity contribution in [1.29, 1.82) is 0 Å². The average molecular weight is 474 g/mol. The minimum Gasteiger partial charge on any atom is -0.470 e. The van der Waals surface area contributed by atoms with Crippen molar-refractivity contribution in [3.05, 3.63) is 36.2 Å². The molecule has 1 amide bonds. The lowest BCUT2D eigenvalue weighted by Crippen LogP contribution is -2.57. The number of carbonyl (C=O) groups is 1. The van der Waals surface area contributed by atoms with Crippen molar-refractivity contribution in [3.63, 3.8) is 0 Å². The van der Waals surface area contributed by atoms with Crippen molar-refractivity contribution < 1.29 is 27.8 Å². The number of anilines is 1. The summed E-state index contributed by atoms with van der Waals surface area (Å²) in [7, 11) is 1.47. The smallest absolute Gasteiger partial charge is 0.296 e. The van der Waals surface area contributed by atoms with Gasteiger partial charge in [-0.3, -0.25) is 9.36 Å². The van der Waals surface area contributed by atoms with E-state index in [1.54, 1.807) is 29.2 Å². The van der Waals surface area contributed by atoms with Crippen LogP contribution in [0.3, 0.4) is 0 Å². The summed E-state index contributed by atoms with van der Waals surface area (Å²) in [6.07, 6.45) is -3.07. The zero-order valence-electron chi connectivity index (χ0n) is 18.6. The molecule has 2 aromatic heterocycles. The quantitative estimate of drug-likeness (QED) is 0.512. The molecule has 0 bridgehead atoms. The lowest BCUT2D eigenvalue weighted by atomic mass is 10.1. The predicted molar refractivity (Wildman–Crippen MR) is 118 cm³/mol. The van der Waals surface area contributed by atoms with Gasteiger partial charge in [-0.25, -0.2) is 13.8 Å². The summed E-state index contributed by atoms with van der Waals surface area (Å²) >= 11 is 0. The van der Waals surface area contributed by atoms with E-state index in [1.165, 1.54) is 17.7 Å². The van der Waals surface area contributed by atoms with Crippen molar-refractivity contribution in [2.45, 2.75) is 12.5 Å². The summed E-state index contributed by atoms with van der Waals surface area (Å²) in [5.74, 6) is 0.320. The van der Waals surface area contributed by atoms with Crippen molar-refractivity contribution >= 4 is 22.9 Å². The summed E-state index contributed by atoms with van der Waals surface area (Å²) in [5.41, 5.74) is 0.952. The predicted octanol–water partition coefficient (Wildman–Crippen LogP) is 1.83. The number of morpholine rings is 1. The number of amides is 1. The molecule has 0 spiro atoms. The number of rotatable bonds is 7. The molecule has 12 heteroatoms. The van der Waals surface area contributed by atoms with Crippen molar-refractivity contribution in [3.8, 4) is 11.7 Å². The molecule has 1 aromatic carbocycles. The third-order valence-electron chi connectivity index (χ3n) is 5.74. The second kappa shape index (κ2) is 9.47. The SMILES string of the molecule is COCC(=O)N1CC(Oc2cc(-n3c(C(F)F)nc4ccccc43)nc(N3CCOCC3)n2)C1. The number of ether oxygens (including phenoxy) is 3. The van der Waals surface area contributed by atoms with Crippen LogP contribution in [0.2, 0.25) is 0 Å². The third-order valence-corrected chi connectivity index (χ3v) is 5.74. The van der Waals surface area contributed by atoms with Crippen LogP contribution >= 0.6 is 0 Å². The molecule has 2 saturated heterocycles. The number of benzene rings is 1. The molecule has 5 rings (SSSR count). The van der Waals surface area contributed by atoms with Crippen LogP contribution in [-0.4, -0.2) is 89.5 Å². The van der Waals surface area contributed by atoms with Crippen molar-refractivity contribution in [2.75, 3.05) is 58.0 Å². The molecule has 2 aliphatic rings. The highest BCUT2D eigenvalue weighted by atomic mass is 19.3. The van der Waals surface area contributed by atoms with E-state index in [0.29, 0.717) is 56.4 Å². The average Bonchev–Trinajstić information content (AvgIpc) is 3.22. The Morgan fingerprint density at radius 1 is 1.18 bits per heavy atom. The molecular formula is C22H24F2N6O4. The second-order valence-electron chi connectivity index (χ2n) is 8.03. The molecule has 0 N–H and O–H groups in total. The van der Waals surface area contributed by atoms with Gasteiger partial charge in [0.1, 0.15) is 18.5 Å². The first-order valence-electron chi connectivity index (χ1n) is 10.9. The van der Waals surface area contributed by atoms with Crippen molar-refractivity contribution in [1.82, 2.24) is 24.4 Å². The van der Waals surface area contributed by atoms with Gasteiger partial charge in [-0.1, -0.05) is 12.1 Å². The van der Waals surface area contributed by atoms with Gasteiger partial charge in [0.05, 0.1) is 37.3 Å². The van der Waals surface area contributed by atoms with Crippen molar-refractivity contribution in [2.24, 2.45) is 0 Å². The van der Waals surface area contributed by atoms with Crippen LogP contribution in [0, 0.1) is 0 Å². The number of para-hydroxylation sites is 2. The molecule has 3 aromatic rings. The standard InChI is InChI=1S/C22H24F2N6O4/c1-32-13-19(31)29-11-14(12-29)34-18-10-17(26-22(27-18)28-6-8-33-9-7-28)30-16-5-3-2-4-15(16)25-21(30)20(23)24/h2-5,10,14,20H,6-9,11-13H2,1H3. The van der Waals surface area contributed by atoms with E-state index < -0.39 is 12.2 Å². The number of nitrogens with zero attached hydrogens (tertiary/aromatic N) is 6. The number of halogens is 2. The molecule has 2 fully saturated rings. The summed E-state index contributed by atoms with van der Waals surface area (Å²) < 4.78 is 45.5. The van der Waals surface area contributed by atoms with Gasteiger partial charge in [0.2, 0.25) is 17.7 Å². The molecule has 0 atom stereocenters. The molecule has 10 nitrogen and oxygen atoms in total. The maximum atomic E-state index is 13.9. The van der Waals surface area contributed by atoms with Crippen LogP contribution in [0.4, 0.5) is 14.7 Å². The van der Waals surface area contributed by atoms with Gasteiger partial charge in [0.15, 0.2) is 5.82 Å². The number of hydrogen-bond acceptors (Lipinski definition) is 8. The first-order valence-corrected chi connectivity index (χ1v) is 10.9. The van der Waals surface area contributed by atoms with Gasteiger partial charge >= 0.3 is 0 Å². The molecular weight excluding hydrogens is 450 g/mol. The number of aromatic nitrogens is 4. The number of likely N-dealkylation sites (tertiary alicyclic amines) is 1. The monoisotopic (exact) mass is 474 g/mol. The Balaban J connectivity index is 1.50. The first-order chi connectivity index (χ1) is 16.5. The largest absolute Gasteiger partial charge is 0.470 e. The molecule has 34 heavy (non-hydrogen) atoms. The normalized spacial score (nSPS) is 16.8.